The van der Waals surface area contributed by atoms with Gasteiger partial charge in [-0.05, 0) is 54.8 Å². The molecule has 4 aromatic rings. The molecule has 0 spiro atoms. The third-order valence-corrected chi connectivity index (χ3v) is 5.39. The highest BCUT2D eigenvalue weighted by Gasteiger charge is 2.12. The molecule has 170 valence electrons. The van der Waals surface area contributed by atoms with Crippen LogP contribution in [0.5, 0.6) is 5.75 Å². The van der Waals surface area contributed by atoms with Gasteiger partial charge in [0.1, 0.15) is 23.7 Å². The average Bonchev–Trinajstić information content (AvgIpc) is 3.23. The summed E-state index contributed by atoms with van der Waals surface area (Å²) in [4.78, 5) is 11.9. The first-order chi connectivity index (χ1) is 16.1. The summed E-state index contributed by atoms with van der Waals surface area (Å²) >= 11 is 0. The van der Waals surface area contributed by atoms with E-state index < -0.39 is 0 Å². The summed E-state index contributed by atoms with van der Waals surface area (Å²) in [5.41, 5.74) is 5.09. The summed E-state index contributed by atoms with van der Waals surface area (Å²) in [7, 11) is 0. The monoisotopic (exact) mass is 443 g/mol. The van der Waals surface area contributed by atoms with Crippen LogP contribution in [0.2, 0.25) is 0 Å². The first-order valence-corrected chi connectivity index (χ1v) is 11.3. The van der Waals surface area contributed by atoms with Crippen LogP contribution >= 0.6 is 0 Å². The average molecular weight is 444 g/mol. The van der Waals surface area contributed by atoms with Gasteiger partial charge in [-0.2, -0.15) is 0 Å². The lowest BCUT2D eigenvalue weighted by molar-refractivity contribution is -0.142. The van der Waals surface area contributed by atoms with Crippen LogP contribution in [0.25, 0.3) is 11.0 Å². The van der Waals surface area contributed by atoms with Gasteiger partial charge in [0.2, 0.25) is 0 Å². The molecule has 0 aliphatic carbocycles. The molecule has 3 aromatic carbocycles. The number of carbonyl (C=O) groups is 1. The molecule has 4 rings (SSSR count). The third-order valence-electron chi connectivity index (χ3n) is 5.39. The minimum Gasteiger partial charge on any atom is -0.489 e. The van der Waals surface area contributed by atoms with Crippen LogP contribution in [0.1, 0.15) is 34.9 Å². The van der Waals surface area contributed by atoms with Gasteiger partial charge >= 0.3 is 5.97 Å². The van der Waals surface area contributed by atoms with E-state index in [0.29, 0.717) is 25.5 Å². The predicted octanol–water partition coefficient (Wildman–Crippen LogP) is 5.72. The Labute approximate surface area is 194 Å². The van der Waals surface area contributed by atoms with E-state index in [0.717, 1.165) is 40.0 Å². The zero-order valence-electron chi connectivity index (χ0n) is 19.1. The molecule has 1 heterocycles. The van der Waals surface area contributed by atoms with Gasteiger partial charge in [-0.1, -0.05) is 48.5 Å². The van der Waals surface area contributed by atoms with E-state index in [4.69, 9.17) is 13.9 Å². The Morgan fingerprint density at radius 1 is 0.939 bits per heavy atom. The van der Waals surface area contributed by atoms with Crippen molar-refractivity contribution in [3.05, 3.63) is 101 Å². The molecule has 0 saturated carbocycles. The lowest BCUT2D eigenvalue weighted by atomic mass is 10.1. The number of hydrogen-bond acceptors (Lipinski definition) is 5. The van der Waals surface area contributed by atoms with Crippen molar-refractivity contribution < 1.29 is 18.7 Å². The molecule has 0 fully saturated rings. The van der Waals surface area contributed by atoms with Crippen LogP contribution in [-0.4, -0.2) is 12.6 Å². The molecule has 0 amide bonds. The van der Waals surface area contributed by atoms with Crippen LogP contribution in [0, 0.1) is 6.92 Å². The van der Waals surface area contributed by atoms with Gasteiger partial charge < -0.3 is 19.2 Å². The summed E-state index contributed by atoms with van der Waals surface area (Å²) in [6, 6.07) is 24.2. The van der Waals surface area contributed by atoms with Crippen molar-refractivity contribution in [2.24, 2.45) is 0 Å². The van der Waals surface area contributed by atoms with E-state index in [9.17, 15) is 4.79 Å². The Balaban J connectivity index is 1.41. The Kier molecular flexibility index (Phi) is 7.43. The van der Waals surface area contributed by atoms with Crippen LogP contribution in [0.15, 0.2) is 77.2 Å². The quantitative estimate of drug-likeness (QED) is 0.318. The standard InChI is InChI=1S/C28H29NO4/c1-3-31-27(30)16-23-11-7-8-12-26(23)32-19-22-13-20(2)28-24(14-22)15-25(33-28)18-29-17-21-9-5-4-6-10-21/h4-15,29H,3,16-19H2,1-2H3. The number of furan rings is 1. The number of nitrogens with one attached hydrogen (secondary N) is 1. The van der Waals surface area contributed by atoms with Crippen LogP contribution in [0.3, 0.4) is 0 Å². The van der Waals surface area contributed by atoms with Crippen molar-refractivity contribution in [3.63, 3.8) is 0 Å². The molecule has 0 aliphatic heterocycles. The lowest BCUT2D eigenvalue weighted by Gasteiger charge is -2.12. The largest absolute Gasteiger partial charge is 0.489 e. The molecule has 33 heavy (non-hydrogen) atoms. The number of aryl methyl sites for hydroxylation is 1. The number of hydrogen-bond donors (Lipinski definition) is 1. The zero-order chi connectivity index (χ0) is 23.0. The van der Waals surface area contributed by atoms with Crippen molar-refractivity contribution >= 4 is 16.9 Å². The molecule has 0 bridgehead atoms. The van der Waals surface area contributed by atoms with Gasteiger partial charge in [0.25, 0.3) is 0 Å². The Morgan fingerprint density at radius 3 is 2.55 bits per heavy atom. The maximum absolute atomic E-state index is 11.9. The van der Waals surface area contributed by atoms with E-state index in [1.54, 1.807) is 6.92 Å². The Bertz CT molecular complexity index is 1210. The predicted molar refractivity (Wildman–Crippen MR) is 129 cm³/mol. The molecule has 5 heteroatoms. The zero-order valence-corrected chi connectivity index (χ0v) is 19.1. The lowest BCUT2D eigenvalue weighted by Crippen LogP contribution is -2.11. The topological polar surface area (TPSA) is 60.7 Å². The van der Waals surface area contributed by atoms with Crippen molar-refractivity contribution in [3.8, 4) is 5.75 Å². The van der Waals surface area contributed by atoms with E-state index in [-0.39, 0.29) is 12.4 Å². The molecular formula is C28H29NO4. The number of fused-ring (bicyclic) bond motifs is 1. The SMILES string of the molecule is CCOC(=O)Cc1ccccc1OCc1cc(C)c2oc(CNCc3ccccc3)cc2c1. The van der Waals surface area contributed by atoms with Crippen LogP contribution in [0.4, 0.5) is 0 Å². The fourth-order valence-corrected chi connectivity index (χ4v) is 3.87. The molecule has 1 N–H and O–H groups in total. The fraction of sp³-hybridized carbons (Fsp3) is 0.250. The van der Waals surface area contributed by atoms with Crippen LogP contribution in [-0.2, 0) is 35.6 Å². The van der Waals surface area contributed by atoms with Crippen molar-refractivity contribution in [2.45, 2.75) is 40.0 Å². The minimum absolute atomic E-state index is 0.198. The second-order valence-electron chi connectivity index (χ2n) is 8.01. The Hall–Kier alpha value is -3.57. The maximum Gasteiger partial charge on any atom is 0.310 e. The highest BCUT2D eigenvalue weighted by Crippen LogP contribution is 2.26. The highest BCUT2D eigenvalue weighted by molar-refractivity contribution is 5.82. The number of benzene rings is 3. The number of esters is 1. The highest BCUT2D eigenvalue weighted by atomic mass is 16.5. The maximum atomic E-state index is 11.9. The summed E-state index contributed by atoms with van der Waals surface area (Å²) in [6.45, 7) is 6.08. The van der Waals surface area contributed by atoms with Crippen molar-refractivity contribution in [1.82, 2.24) is 5.32 Å². The van der Waals surface area contributed by atoms with Gasteiger partial charge in [0.05, 0.1) is 19.6 Å². The molecule has 0 unspecified atom stereocenters. The first-order valence-electron chi connectivity index (χ1n) is 11.3. The summed E-state index contributed by atoms with van der Waals surface area (Å²) < 4.78 is 17.2. The van der Waals surface area contributed by atoms with E-state index in [2.05, 4.69) is 35.6 Å². The molecule has 0 atom stereocenters. The normalized spacial score (nSPS) is 11.0. The van der Waals surface area contributed by atoms with Crippen molar-refractivity contribution in [1.29, 1.82) is 0 Å². The summed E-state index contributed by atoms with van der Waals surface area (Å²) in [5.74, 6) is 1.35. The fourth-order valence-electron chi connectivity index (χ4n) is 3.87. The van der Waals surface area contributed by atoms with Gasteiger partial charge in [0.15, 0.2) is 0 Å². The summed E-state index contributed by atoms with van der Waals surface area (Å²) in [5, 5.41) is 4.49. The molecule has 0 saturated heterocycles. The number of ether oxygens (including phenoxy) is 2. The van der Waals surface area contributed by atoms with Gasteiger partial charge in [0, 0.05) is 17.5 Å². The summed E-state index contributed by atoms with van der Waals surface area (Å²) in [6.07, 6.45) is 0.198. The van der Waals surface area contributed by atoms with E-state index >= 15 is 0 Å². The first kappa shape index (κ1) is 22.6. The van der Waals surface area contributed by atoms with Gasteiger partial charge in [-0.15, -0.1) is 0 Å². The molecule has 0 aliphatic rings. The second kappa shape index (κ2) is 10.8. The van der Waals surface area contributed by atoms with Gasteiger partial charge in [-0.25, -0.2) is 0 Å². The molecule has 5 nitrogen and oxygen atoms in total. The molecule has 0 radical (unpaired) electrons. The Morgan fingerprint density at radius 2 is 1.73 bits per heavy atom. The second-order valence-corrected chi connectivity index (χ2v) is 8.01. The van der Waals surface area contributed by atoms with Crippen molar-refractivity contribution in [2.75, 3.05) is 6.61 Å². The third kappa shape index (κ3) is 6.02. The molecular weight excluding hydrogens is 414 g/mol. The van der Waals surface area contributed by atoms with Gasteiger partial charge in [-0.3, -0.25) is 4.79 Å². The number of carbonyl (C=O) groups excluding carboxylic acids is 1. The number of para-hydroxylation sites is 1. The smallest absolute Gasteiger partial charge is 0.310 e. The van der Waals surface area contributed by atoms with E-state index in [1.165, 1.54) is 5.56 Å². The molecule has 1 aromatic heterocycles. The number of rotatable bonds is 10. The van der Waals surface area contributed by atoms with Crippen LogP contribution < -0.4 is 10.1 Å². The minimum atomic E-state index is -0.252. The van der Waals surface area contributed by atoms with E-state index in [1.807, 2.05) is 49.4 Å².